The minimum Gasteiger partial charge on any atom is -0.349 e. The van der Waals surface area contributed by atoms with Gasteiger partial charge in [0.15, 0.2) is 0 Å². The molecule has 0 aliphatic heterocycles. The van der Waals surface area contributed by atoms with Gasteiger partial charge in [0.25, 0.3) is 5.91 Å². The van der Waals surface area contributed by atoms with E-state index in [1.54, 1.807) is 48.1 Å². The van der Waals surface area contributed by atoms with Crippen molar-refractivity contribution in [1.29, 1.82) is 0 Å². The standard InChI is InChI=1S/C14H16BrN3O3S/c1-18-10-4-6-12(18)14(19)16-8-9-17-22(20,21)13-7-3-2-5-11(13)15/h2-7,10,17H,8-9H2,1H3,(H,16,19). The van der Waals surface area contributed by atoms with Gasteiger partial charge < -0.3 is 9.88 Å². The number of aryl methyl sites for hydroxylation is 1. The molecule has 22 heavy (non-hydrogen) atoms. The number of carbonyl (C=O) groups is 1. The van der Waals surface area contributed by atoms with Gasteiger partial charge in [-0.3, -0.25) is 4.79 Å². The molecule has 1 aromatic carbocycles. The Kier molecular flexibility index (Phi) is 5.38. The van der Waals surface area contributed by atoms with Crippen LogP contribution in [0.1, 0.15) is 10.5 Å². The lowest BCUT2D eigenvalue weighted by Crippen LogP contribution is -2.35. The van der Waals surface area contributed by atoms with Crippen molar-refractivity contribution in [3.63, 3.8) is 0 Å². The van der Waals surface area contributed by atoms with E-state index in [1.807, 2.05) is 0 Å². The van der Waals surface area contributed by atoms with Crippen LogP contribution in [0.25, 0.3) is 0 Å². The number of nitrogens with one attached hydrogen (secondary N) is 2. The minimum atomic E-state index is -3.60. The first-order valence-corrected chi connectivity index (χ1v) is 8.83. The van der Waals surface area contributed by atoms with E-state index >= 15 is 0 Å². The van der Waals surface area contributed by atoms with Crippen molar-refractivity contribution in [1.82, 2.24) is 14.6 Å². The number of amides is 1. The van der Waals surface area contributed by atoms with Gasteiger partial charge in [-0.15, -0.1) is 0 Å². The summed E-state index contributed by atoms with van der Waals surface area (Å²) in [6.07, 6.45) is 1.77. The van der Waals surface area contributed by atoms with Crippen molar-refractivity contribution in [2.75, 3.05) is 13.1 Å². The van der Waals surface area contributed by atoms with Crippen LogP contribution in [-0.4, -0.2) is 32.0 Å². The lowest BCUT2D eigenvalue weighted by atomic mass is 10.4. The number of sulfonamides is 1. The fraction of sp³-hybridized carbons (Fsp3) is 0.214. The van der Waals surface area contributed by atoms with E-state index in [2.05, 4.69) is 26.0 Å². The molecule has 0 radical (unpaired) electrons. The van der Waals surface area contributed by atoms with Crippen molar-refractivity contribution < 1.29 is 13.2 Å². The number of carbonyl (C=O) groups excluding carboxylic acids is 1. The van der Waals surface area contributed by atoms with Crippen LogP contribution in [0.3, 0.4) is 0 Å². The maximum absolute atomic E-state index is 12.1. The lowest BCUT2D eigenvalue weighted by Gasteiger charge is -2.09. The summed E-state index contributed by atoms with van der Waals surface area (Å²) >= 11 is 3.21. The predicted octanol–water partition coefficient (Wildman–Crippen LogP) is 1.50. The van der Waals surface area contributed by atoms with E-state index in [4.69, 9.17) is 0 Å². The molecular weight excluding hydrogens is 370 g/mol. The van der Waals surface area contributed by atoms with E-state index in [0.717, 1.165) is 0 Å². The van der Waals surface area contributed by atoms with Gasteiger partial charge in [-0.2, -0.15) is 0 Å². The summed E-state index contributed by atoms with van der Waals surface area (Å²) in [5.41, 5.74) is 0.522. The fourth-order valence-electron chi connectivity index (χ4n) is 1.89. The van der Waals surface area contributed by atoms with Gasteiger partial charge in [0.2, 0.25) is 10.0 Å². The molecule has 2 N–H and O–H groups in total. The number of halogens is 1. The molecule has 6 nitrogen and oxygen atoms in total. The van der Waals surface area contributed by atoms with E-state index in [9.17, 15) is 13.2 Å². The van der Waals surface area contributed by atoms with Crippen LogP contribution < -0.4 is 10.0 Å². The van der Waals surface area contributed by atoms with Gasteiger partial charge in [0.1, 0.15) is 5.69 Å². The Morgan fingerprint density at radius 1 is 1.18 bits per heavy atom. The molecule has 0 aliphatic carbocycles. The van der Waals surface area contributed by atoms with E-state index < -0.39 is 10.0 Å². The van der Waals surface area contributed by atoms with Crippen LogP contribution in [0.15, 0.2) is 52.0 Å². The molecule has 0 aliphatic rings. The van der Waals surface area contributed by atoms with E-state index in [0.29, 0.717) is 10.2 Å². The molecule has 1 amide bonds. The third-order valence-corrected chi connectivity index (χ3v) is 5.48. The predicted molar refractivity (Wildman–Crippen MR) is 87.1 cm³/mol. The highest BCUT2D eigenvalue weighted by Crippen LogP contribution is 2.20. The van der Waals surface area contributed by atoms with Crippen LogP contribution in [0.4, 0.5) is 0 Å². The van der Waals surface area contributed by atoms with Crippen molar-refractivity contribution in [2.24, 2.45) is 7.05 Å². The molecule has 0 atom stereocenters. The molecule has 0 bridgehead atoms. The molecule has 8 heteroatoms. The van der Waals surface area contributed by atoms with Crippen LogP contribution in [0.2, 0.25) is 0 Å². The van der Waals surface area contributed by atoms with E-state index in [-0.39, 0.29) is 23.9 Å². The van der Waals surface area contributed by atoms with Gasteiger partial charge in [-0.05, 0) is 40.2 Å². The topological polar surface area (TPSA) is 80.2 Å². The molecule has 1 aromatic heterocycles. The average Bonchev–Trinajstić information content (AvgIpc) is 2.90. The van der Waals surface area contributed by atoms with Crippen molar-refractivity contribution in [3.05, 3.63) is 52.8 Å². The number of benzene rings is 1. The SMILES string of the molecule is Cn1cccc1C(=O)NCCNS(=O)(=O)c1ccccc1Br. The quantitative estimate of drug-likeness (QED) is 0.739. The molecule has 0 unspecified atom stereocenters. The summed E-state index contributed by atoms with van der Waals surface area (Å²) < 4.78 is 28.9. The van der Waals surface area contributed by atoms with Crippen LogP contribution in [0, 0.1) is 0 Å². The Balaban J connectivity index is 1.88. The smallest absolute Gasteiger partial charge is 0.267 e. The number of hydrogen-bond acceptors (Lipinski definition) is 3. The Hall–Kier alpha value is -1.64. The minimum absolute atomic E-state index is 0.111. The third-order valence-electron chi connectivity index (χ3n) is 3.01. The Morgan fingerprint density at radius 3 is 2.55 bits per heavy atom. The molecular formula is C14H16BrN3O3S. The second kappa shape index (κ2) is 7.08. The highest BCUT2D eigenvalue weighted by Gasteiger charge is 2.16. The van der Waals surface area contributed by atoms with Gasteiger partial charge in [0, 0.05) is 30.8 Å². The zero-order chi connectivity index (χ0) is 16.2. The lowest BCUT2D eigenvalue weighted by molar-refractivity contribution is 0.0946. The van der Waals surface area contributed by atoms with E-state index in [1.165, 1.54) is 6.07 Å². The number of rotatable bonds is 6. The Bertz CT molecular complexity index is 771. The normalized spacial score (nSPS) is 11.4. The molecule has 0 saturated carbocycles. The van der Waals surface area contributed by atoms with Crippen molar-refractivity contribution in [2.45, 2.75) is 4.90 Å². The summed E-state index contributed by atoms with van der Waals surface area (Å²) in [5, 5.41) is 2.67. The largest absolute Gasteiger partial charge is 0.349 e. The van der Waals surface area contributed by atoms with Gasteiger partial charge in [-0.1, -0.05) is 12.1 Å². The van der Waals surface area contributed by atoms with Gasteiger partial charge in [-0.25, -0.2) is 13.1 Å². The summed E-state index contributed by atoms with van der Waals surface area (Å²) in [6, 6.07) is 10.0. The number of aromatic nitrogens is 1. The second-order valence-corrected chi connectivity index (χ2v) is 7.18. The summed E-state index contributed by atoms with van der Waals surface area (Å²) in [5.74, 6) is -0.243. The zero-order valence-corrected chi connectivity index (χ0v) is 14.3. The van der Waals surface area contributed by atoms with Gasteiger partial charge >= 0.3 is 0 Å². The monoisotopic (exact) mass is 385 g/mol. The summed E-state index contributed by atoms with van der Waals surface area (Å²) in [7, 11) is -1.84. The summed E-state index contributed by atoms with van der Waals surface area (Å²) in [6.45, 7) is 0.313. The fourth-order valence-corrected chi connectivity index (χ4v) is 3.92. The third kappa shape index (κ3) is 3.96. The van der Waals surface area contributed by atoms with Gasteiger partial charge in [0.05, 0.1) is 4.90 Å². The number of hydrogen-bond donors (Lipinski definition) is 2. The zero-order valence-electron chi connectivity index (χ0n) is 11.9. The van der Waals surface area contributed by atoms with Crippen molar-refractivity contribution in [3.8, 4) is 0 Å². The first-order valence-electron chi connectivity index (χ1n) is 6.55. The highest BCUT2D eigenvalue weighted by molar-refractivity contribution is 9.10. The highest BCUT2D eigenvalue weighted by atomic mass is 79.9. The second-order valence-electron chi connectivity index (χ2n) is 4.59. The average molecular weight is 386 g/mol. The molecule has 0 fully saturated rings. The molecule has 2 aromatic rings. The summed E-state index contributed by atoms with van der Waals surface area (Å²) in [4.78, 5) is 12.0. The Labute approximate surface area is 137 Å². The first-order chi connectivity index (χ1) is 10.4. The maximum atomic E-state index is 12.1. The first kappa shape index (κ1) is 16.7. The Morgan fingerprint density at radius 2 is 1.91 bits per heavy atom. The van der Waals surface area contributed by atoms with Crippen molar-refractivity contribution >= 4 is 31.9 Å². The van der Waals surface area contributed by atoms with Crippen LogP contribution in [-0.2, 0) is 17.1 Å². The molecule has 0 saturated heterocycles. The molecule has 2 rings (SSSR count). The van der Waals surface area contributed by atoms with Crippen LogP contribution in [0.5, 0.6) is 0 Å². The molecule has 1 heterocycles. The molecule has 118 valence electrons. The van der Waals surface area contributed by atoms with Crippen LogP contribution >= 0.6 is 15.9 Å². The molecule has 0 spiro atoms. The maximum Gasteiger partial charge on any atom is 0.267 e. The number of nitrogens with zero attached hydrogens (tertiary/aromatic N) is 1.